The first-order valence-electron chi connectivity index (χ1n) is 11.2. The van der Waals surface area contributed by atoms with Crippen LogP contribution in [0.4, 0.5) is 5.69 Å². The van der Waals surface area contributed by atoms with Gasteiger partial charge >= 0.3 is 0 Å². The molecule has 2 aromatic rings. The van der Waals surface area contributed by atoms with E-state index in [4.69, 9.17) is 16.6 Å². The predicted molar refractivity (Wildman–Crippen MR) is 139 cm³/mol. The van der Waals surface area contributed by atoms with Crippen LogP contribution in [0.2, 0.25) is 5.02 Å². The van der Waals surface area contributed by atoms with Gasteiger partial charge < -0.3 is 15.5 Å². The van der Waals surface area contributed by atoms with Crippen LogP contribution in [0.5, 0.6) is 0 Å². The largest absolute Gasteiger partial charge is 0.353 e. The standard InChI is InChI=1S/C26H27ClN4O2S/c1-4-16(2)28-22(32)14-21-15-34-26-29-17(3)23(25(33)30-20-11-6-5-7-12-20)24(31(21)26)18-9-8-10-19(27)13-18/h5-13,15-16,24H,4,14H2,1-3H3,(H,28,32)(H,30,33). The average Bonchev–Trinajstić information content (AvgIpc) is 3.20. The summed E-state index contributed by atoms with van der Waals surface area (Å²) >= 11 is 7.81. The number of hydrogen-bond acceptors (Lipinski definition) is 5. The van der Waals surface area contributed by atoms with Crippen molar-refractivity contribution in [2.75, 3.05) is 5.32 Å². The molecule has 0 bridgehead atoms. The van der Waals surface area contributed by atoms with Crippen molar-refractivity contribution in [1.29, 1.82) is 0 Å². The lowest BCUT2D eigenvalue weighted by Gasteiger charge is -2.36. The van der Waals surface area contributed by atoms with Gasteiger partial charge in [0.05, 0.1) is 23.7 Å². The molecule has 2 aliphatic rings. The molecule has 8 heteroatoms. The molecule has 6 nitrogen and oxygen atoms in total. The number of nitrogens with one attached hydrogen (secondary N) is 2. The highest BCUT2D eigenvalue weighted by Gasteiger charge is 2.40. The molecular weight excluding hydrogens is 468 g/mol. The van der Waals surface area contributed by atoms with E-state index < -0.39 is 6.04 Å². The van der Waals surface area contributed by atoms with Crippen molar-refractivity contribution in [1.82, 2.24) is 10.2 Å². The van der Waals surface area contributed by atoms with Gasteiger partial charge in [-0.1, -0.05) is 60.6 Å². The van der Waals surface area contributed by atoms with Crippen LogP contribution < -0.4 is 10.6 Å². The smallest absolute Gasteiger partial charge is 0.255 e. The molecule has 2 unspecified atom stereocenters. The Kier molecular flexibility index (Phi) is 7.44. The molecule has 0 fully saturated rings. The summed E-state index contributed by atoms with van der Waals surface area (Å²) in [6.07, 6.45) is 1.05. The summed E-state index contributed by atoms with van der Waals surface area (Å²) in [6.45, 7) is 5.86. The van der Waals surface area contributed by atoms with Crippen molar-refractivity contribution in [3.63, 3.8) is 0 Å². The average molecular weight is 495 g/mol. The van der Waals surface area contributed by atoms with E-state index in [0.717, 1.165) is 22.8 Å². The molecule has 2 aromatic carbocycles. The molecule has 176 valence electrons. The van der Waals surface area contributed by atoms with Crippen LogP contribution in [0.15, 0.2) is 82.0 Å². The minimum absolute atomic E-state index is 0.0612. The Morgan fingerprint density at radius 2 is 1.94 bits per heavy atom. The number of nitrogens with zero attached hydrogens (tertiary/aromatic N) is 2. The Bertz CT molecular complexity index is 1190. The summed E-state index contributed by atoms with van der Waals surface area (Å²) in [5, 5.41) is 9.28. The van der Waals surface area contributed by atoms with E-state index >= 15 is 0 Å². The summed E-state index contributed by atoms with van der Waals surface area (Å²) < 4.78 is 0. The first-order chi connectivity index (χ1) is 16.4. The second kappa shape index (κ2) is 10.5. The van der Waals surface area contributed by atoms with Crippen LogP contribution in [0.3, 0.4) is 0 Å². The number of allylic oxidation sites excluding steroid dienone is 1. The Hall–Kier alpha value is -3.03. The molecular formula is C26H27ClN4O2S. The zero-order chi connectivity index (χ0) is 24.2. The van der Waals surface area contributed by atoms with Crippen LogP contribution in [-0.4, -0.2) is 27.9 Å². The maximum absolute atomic E-state index is 13.5. The highest BCUT2D eigenvalue weighted by molar-refractivity contribution is 8.16. The number of rotatable bonds is 7. The number of carbonyl (C=O) groups is 2. The SMILES string of the molecule is CCC(C)NC(=O)CC1=CSC2=NC(C)=C(C(=O)Nc3ccccc3)C(c3cccc(Cl)c3)N12. The molecule has 2 aliphatic heterocycles. The van der Waals surface area contributed by atoms with Crippen molar-refractivity contribution in [3.05, 3.63) is 87.6 Å². The lowest BCUT2D eigenvalue weighted by atomic mass is 9.93. The van der Waals surface area contributed by atoms with Crippen molar-refractivity contribution in [2.24, 2.45) is 4.99 Å². The first kappa shape index (κ1) is 24.1. The number of carbonyl (C=O) groups excluding carboxylic acids is 2. The highest BCUT2D eigenvalue weighted by Crippen LogP contribution is 2.45. The van der Waals surface area contributed by atoms with E-state index in [1.165, 1.54) is 11.8 Å². The van der Waals surface area contributed by atoms with Gasteiger partial charge in [0, 0.05) is 22.4 Å². The summed E-state index contributed by atoms with van der Waals surface area (Å²) in [4.78, 5) is 33.0. The number of thioether (sulfide) groups is 1. The predicted octanol–water partition coefficient (Wildman–Crippen LogP) is 5.86. The van der Waals surface area contributed by atoms with Gasteiger partial charge in [0.25, 0.3) is 5.91 Å². The van der Waals surface area contributed by atoms with E-state index in [2.05, 4.69) is 10.6 Å². The third-order valence-electron chi connectivity index (χ3n) is 5.80. The summed E-state index contributed by atoms with van der Waals surface area (Å²) in [5.74, 6) is -0.300. The zero-order valence-electron chi connectivity index (χ0n) is 19.3. The molecule has 0 radical (unpaired) electrons. The zero-order valence-corrected chi connectivity index (χ0v) is 20.9. The van der Waals surface area contributed by atoms with E-state index in [0.29, 0.717) is 22.0 Å². The number of amides is 2. The molecule has 2 heterocycles. The number of anilines is 1. The fraction of sp³-hybridized carbons (Fsp3) is 0.269. The summed E-state index contributed by atoms with van der Waals surface area (Å²) in [6, 6.07) is 16.4. The normalized spacial score (nSPS) is 18.1. The van der Waals surface area contributed by atoms with E-state index in [-0.39, 0.29) is 24.3 Å². The van der Waals surface area contributed by atoms with Crippen LogP contribution in [0, 0.1) is 0 Å². The maximum Gasteiger partial charge on any atom is 0.255 e. The molecule has 0 saturated heterocycles. The minimum Gasteiger partial charge on any atom is -0.353 e. The molecule has 0 saturated carbocycles. The van der Waals surface area contributed by atoms with Crippen LogP contribution >= 0.6 is 23.4 Å². The van der Waals surface area contributed by atoms with Gasteiger partial charge in [-0.2, -0.15) is 0 Å². The van der Waals surface area contributed by atoms with Gasteiger partial charge in [-0.15, -0.1) is 0 Å². The maximum atomic E-state index is 13.5. The van der Waals surface area contributed by atoms with Gasteiger partial charge in [0.2, 0.25) is 5.91 Å². The van der Waals surface area contributed by atoms with Crippen molar-refractivity contribution in [2.45, 2.75) is 45.7 Å². The minimum atomic E-state index is -0.465. The lowest BCUT2D eigenvalue weighted by Crippen LogP contribution is -2.39. The topological polar surface area (TPSA) is 73.8 Å². The second-order valence-electron chi connectivity index (χ2n) is 8.32. The van der Waals surface area contributed by atoms with Gasteiger partial charge in [-0.3, -0.25) is 9.59 Å². The van der Waals surface area contributed by atoms with Crippen LogP contribution in [0.25, 0.3) is 0 Å². The highest BCUT2D eigenvalue weighted by atomic mass is 35.5. The number of halogens is 1. The Labute approximate surface area is 209 Å². The molecule has 4 rings (SSSR count). The molecule has 2 amide bonds. The van der Waals surface area contributed by atoms with Crippen LogP contribution in [-0.2, 0) is 9.59 Å². The van der Waals surface area contributed by atoms with Gasteiger partial charge in [0.1, 0.15) is 0 Å². The van der Waals surface area contributed by atoms with E-state index in [1.54, 1.807) is 6.07 Å². The van der Waals surface area contributed by atoms with E-state index in [1.807, 2.05) is 79.6 Å². The molecule has 0 aliphatic carbocycles. The Balaban J connectivity index is 1.71. The number of para-hydroxylation sites is 1. The van der Waals surface area contributed by atoms with Crippen molar-refractivity contribution >= 4 is 46.0 Å². The van der Waals surface area contributed by atoms with Gasteiger partial charge in [0.15, 0.2) is 5.17 Å². The lowest BCUT2D eigenvalue weighted by molar-refractivity contribution is -0.121. The number of hydrogen-bond donors (Lipinski definition) is 2. The molecule has 2 N–H and O–H groups in total. The fourth-order valence-corrected chi connectivity index (χ4v) is 5.13. The number of fused-ring (bicyclic) bond motifs is 1. The third kappa shape index (κ3) is 5.21. The molecule has 34 heavy (non-hydrogen) atoms. The summed E-state index contributed by atoms with van der Waals surface area (Å²) in [7, 11) is 0. The van der Waals surface area contributed by atoms with Gasteiger partial charge in [-0.25, -0.2) is 4.99 Å². The second-order valence-corrected chi connectivity index (χ2v) is 9.59. The molecule has 2 atom stereocenters. The van der Waals surface area contributed by atoms with E-state index in [9.17, 15) is 9.59 Å². The number of aliphatic imine (C=N–C) groups is 1. The quantitative estimate of drug-likeness (QED) is 0.505. The van der Waals surface area contributed by atoms with Crippen molar-refractivity contribution in [3.8, 4) is 0 Å². The summed E-state index contributed by atoms with van der Waals surface area (Å²) in [5.41, 5.74) is 3.51. The third-order valence-corrected chi connectivity index (χ3v) is 6.93. The molecule has 0 spiro atoms. The van der Waals surface area contributed by atoms with Crippen molar-refractivity contribution < 1.29 is 9.59 Å². The van der Waals surface area contributed by atoms with Crippen LogP contribution in [0.1, 0.15) is 45.2 Å². The Morgan fingerprint density at radius 3 is 2.65 bits per heavy atom. The first-order valence-corrected chi connectivity index (χ1v) is 12.5. The molecule has 0 aromatic heterocycles. The van der Waals surface area contributed by atoms with Gasteiger partial charge in [-0.05, 0) is 55.5 Å². The fourth-order valence-electron chi connectivity index (χ4n) is 3.96. The monoisotopic (exact) mass is 494 g/mol. The number of amidine groups is 1. The number of benzene rings is 2. The Morgan fingerprint density at radius 1 is 1.18 bits per heavy atom.